The molecule has 0 bridgehead atoms. The summed E-state index contributed by atoms with van der Waals surface area (Å²) in [5, 5.41) is 10.2. The molecule has 1 fully saturated rings. The van der Waals surface area contributed by atoms with E-state index in [4.69, 9.17) is 11.6 Å². The number of halogens is 1. The summed E-state index contributed by atoms with van der Waals surface area (Å²) in [6.45, 7) is 7.14. The fourth-order valence-electron chi connectivity index (χ4n) is 6.15. The number of ketones is 2. The lowest BCUT2D eigenvalue weighted by Gasteiger charge is -2.42. The van der Waals surface area contributed by atoms with Crippen LogP contribution in [0.15, 0.2) is 52.6 Å². The van der Waals surface area contributed by atoms with Crippen molar-refractivity contribution in [2.45, 2.75) is 52.0 Å². The average molecular weight is 480 g/mol. The second-order valence-corrected chi connectivity index (χ2v) is 11.0. The van der Waals surface area contributed by atoms with Crippen LogP contribution in [0, 0.1) is 17.8 Å². The number of aromatic hydroxyl groups is 1. The minimum atomic E-state index is -0.652. The Kier molecular flexibility index (Phi) is 5.03. The van der Waals surface area contributed by atoms with Crippen LogP contribution >= 0.6 is 11.6 Å². The van der Waals surface area contributed by atoms with Gasteiger partial charge in [-0.3, -0.25) is 24.1 Å². The molecule has 34 heavy (non-hydrogen) atoms. The van der Waals surface area contributed by atoms with Gasteiger partial charge in [0, 0.05) is 33.2 Å². The molecule has 1 N–H and O–H groups in total. The highest BCUT2D eigenvalue weighted by Crippen LogP contribution is 2.56. The van der Waals surface area contributed by atoms with Crippen LogP contribution in [-0.4, -0.2) is 38.9 Å². The third-order valence-electron chi connectivity index (χ3n) is 7.53. The largest absolute Gasteiger partial charge is 0.508 e. The van der Waals surface area contributed by atoms with Crippen LogP contribution in [-0.2, 0) is 19.2 Å². The number of amides is 2. The molecule has 2 amide bonds. The van der Waals surface area contributed by atoms with E-state index < -0.39 is 23.3 Å². The van der Waals surface area contributed by atoms with Gasteiger partial charge >= 0.3 is 0 Å². The number of allylic oxidation sites excluding steroid dienone is 6. The molecule has 4 atom stereocenters. The molecule has 4 aliphatic rings. The number of hydrogen-bond donors (Lipinski definition) is 1. The summed E-state index contributed by atoms with van der Waals surface area (Å²) >= 11 is 6.53. The number of phenols is 1. The molecule has 1 saturated heterocycles. The molecular formula is C27H26ClNO5. The normalized spacial score (nSPS) is 29.0. The van der Waals surface area contributed by atoms with E-state index in [-0.39, 0.29) is 46.5 Å². The zero-order chi connectivity index (χ0) is 24.7. The van der Waals surface area contributed by atoms with Gasteiger partial charge in [0.15, 0.2) is 11.6 Å². The predicted octanol–water partition coefficient (Wildman–Crippen LogP) is 4.27. The minimum Gasteiger partial charge on any atom is -0.508 e. The SMILES string of the molecule is CC1=CC(=O)C2=C(CC3C(=CCC4C(=O)N(C(C)(C)C)C(=O)C43)C2c2ccc(O)cc2Cl)C1=O. The van der Waals surface area contributed by atoms with Gasteiger partial charge in [-0.15, -0.1) is 0 Å². The summed E-state index contributed by atoms with van der Waals surface area (Å²) in [5.41, 5.74) is 1.94. The number of nitrogens with zero attached hydrogens (tertiary/aromatic N) is 1. The Morgan fingerprint density at radius 1 is 1.06 bits per heavy atom. The maximum atomic E-state index is 13.6. The average Bonchev–Trinajstić information content (AvgIpc) is 3.01. The van der Waals surface area contributed by atoms with Gasteiger partial charge in [-0.1, -0.05) is 29.3 Å². The fraction of sp³-hybridized carbons (Fsp3) is 0.407. The number of fused-ring (bicyclic) bond motifs is 3. The molecule has 1 aromatic carbocycles. The maximum absolute atomic E-state index is 13.6. The number of rotatable bonds is 1. The van der Waals surface area contributed by atoms with E-state index in [9.17, 15) is 24.3 Å². The van der Waals surface area contributed by atoms with Crippen molar-refractivity contribution in [3.05, 3.63) is 63.2 Å². The van der Waals surface area contributed by atoms with E-state index in [0.29, 0.717) is 28.7 Å². The Hall–Kier alpha value is -2.99. The highest BCUT2D eigenvalue weighted by Gasteiger charge is 2.58. The van der Waals surface area contributed by atoms with Crippen molar-refractivity contribution in [2.24, 2.45) is 17.8 Å². The summed E-state index contributed by atoms with van der Waals surface area (Å²) in [4.78, 5) is 54.7. The van der Waals surface area contributed by atoms with Crippen LogP contribution in [0.2, 0.25) is 5.02 Å². The van der Waals surface area contributed by atoms with Gasteiger partial charge in [-0.05, 0) is 70.2 Å². The molecule has 7 heteroatoms. The lowest BCUT2D eigenvalue weighted by molar-refractivity contribution is -0.145. The van der Waals surface area contributed by atoms with Crippen LogP contribution < -0.4 is 0 Å². The zero-order valence-electron chi connectivity index (χ0n) is 19.5. The van der Waals surface area contributed by atoms with Crippen molar-refractivity contribution in [1.29, 1.82) is 0 Å². The Balaban J connectivity index is 1.70. The van der Waals surface area contributed by atoms with Gasteiger partial charge in [-0.2, -0.15) is 0 Å². The van der Waals surface area contributed by atoms with Crippen LogP contribution in [0.1, 0.15) is 52.0 Å². The molecule has 6 nitrogen and oxygen atoms in total. The van der Waals surface area contributed by atoms with E-state index in [2.05, 4.69) is 0 Å². The number of hydrogen-bond acceptors (Lipinski definition) is 5. The molecular weight excluding hydrogens is 454 g/mol. The molecule has 1 heterocycles. The molecule has 1 aliphatic heterocycles. The first kappa shape index (κ1) is 22.8. The summed E-state index contributed by atoms with van der Waals surface area (Å²) in [6, 6.07) is 4.57. The van der Waals surface area contributed by atoms with Crippen molar-refractivity contribution in [1.82, 2.24) is 4.90 Å². The fourth-order valence-corrected chi connectivity index (χ4v) is 6.43. The monoisotopic (exact) mass is 479 g/mol. The molecule has 3 aliphatic carbocycles. The van der Waals surface area contributed by atoms with Gasteiger partial charge in [-0.25, -0.2) is 0 Å². The summed E-state index contributed by atoms with van der Waals surface area (Å²) in [7, 11) is 0. The minimum absolute atomic E-state index is 0.00725. The third kappa shape index (κ3) is 3.15. The maximum Gasteiger partial charge on any atom is 0.234 e. The molecule has 4 unspecified atom stereocenters. The number of carbonyl (C=O) groups excluding carboxylic acids is 4. The van der Waals surface area contributed by atoms with E-state index in [1.807, 2.05) is 26.8 Å². The Bertz CT molecular complexity index is 1280. The molecule has 0 spiro atoms. The highest BCUT2D eigenvalue weighted by molar-refractivity contribution is 6.32. The van der Waals surface area contributed by atoms with Gasteiger partial charge in [0.05, 0.1) is 11.8 Å². The Morgan fingerprint density at radius 2 is 1.76 bits per heavy atom. The standard InChI is InChI=1S/C27H26ClNO5/c1-12-9-20(31)23-18(24(12)32)11-17-14(21(23)15-6-5-13(30)10-19(15)28)7-8-16-22(17)26(34)29(25(16)33)27(2,3)4/h5-7,9-10,16-17,21-22,30H,8,11H2,1-4H3. The van der Waals surface area contributed by atoms with E-state index >= 15 is 0 Å². The van der Waals surface area contributed by atoms with Crippen LogP contribution in [0.3, 0.4) is 0 Å². The van der Waals surface area contributed by atoms with Crippen molar-refractivity contribution in [3.63, 3.8) is 0 Å². The number of Topliss-reactive ketones (excluding diaryl/α,β-unsaturated/α-hetero) is 1. The smallest absolute Gasteiger partial charge is 0.234 e. The first-order chi connectivity index (χ1) is 15.9. The molecule has 1 aromatic rings. The Labute approximate surface area is 203 Å². The zero-order valence-corrected chi connectivity index (χ0v) is 20.3. The molecule has 0 radical (unpaired) electrons. The summed E-state index contributed by atoms with van der Waals surface area (Å²) in [6.07, 6.45) is 3.95. The van der Waals surface area contributed by atoms with Gasteiger partial charge in [0.1, 0.15) is 5.75 Å². The second kappa shape index (κ2) is 7.51. The second-order valence-electron chi connectivity index (χ2n) is 10.6. The predicted molar refractivity (Wildman–Crippen MR) is 126 cm³/mol. The topological polar surface area (TPSA) is 91.8 Å². The van der Waals surface area contributed by atoms with E-state index in [1.165, 1.54) is 23.1 Å². The van der Waals surface area contributed by atoms with Crippen molar-refractivity contribution >= 4 is 35.0 Å². The highest BCUT2D eigenvalue weighted by atomic mass is 35.5. The van der Waals surface area contributed by atoms with Crippen LogP contribution in [0.25, 0.3) is 0 Å². The summed E-state index contributed by atoms with van der Waals surface area (Å²) < 4.78 is 0. The molecule has 0 saturated carbocycles. The number of carbonyl (C=O) groups is 4. The quantitative estimate of drug-likeness (QED) is 0.369. The molecule has 176 valence electrons. The Morgan fingerprint density at radius 3 is 2.41 bits per heavy atom. The molecule has 0 aromatic heterocycles. The van der Waals surface area contributed by atoms with Gasteiger partial charge < -0.3 is 5.11 Å². The first-order valence-electron chi connectivity index (χ1n) is 11.5. The van der Waals surface area contributed by atoms with E-state index in [1.54, 1.807) is 13.0 Å². The lowest BCUT2D eigenvalue weighted by Crippen LogP contribution is -2.46. The number of benzene rings is 1. The van der Waals surface area contributed by atoms with Crippen LogP contribution in [0.5, 0.6) is 5.75 Å². The van der Waals surface area contributed by atoms with Crippen molar-refractivity contribution < 1.29 is 24.3 Å². The van der Waals surface area contributed by atoms with Crippen molar-refractivity contribution in [2.75, 3.05) is 0 Å². The van der Waals surface area contributed by atoms with Gasteiger partial charge in [0.25, 0.3) is 0 Å². The number of imide groups is 1. The summed E-state index contributed by atoms with van der Waals surface area (Å²) in [5.74, 6) is -2.94. The van der Waals surface area contributed by atoms with Gasteiger partial charge in [0.2, 0.25) is 11.8 Å². The van der Waals surface area contributed by atoms with Crippen molar-refractivity contribution in [3.8, 4) is 5.75 Å². The van der Waals surface area contributed by atoms with Crippen LogP contribution in [0.4, 0.5) is 0 Å². The lowest BCUT2D eigenvalue weighted by atomic mass is 9.59. The number of phenolic OH excluding ortho intramolecular Hbond substituents is 1. The van der Waals surface area contributed by atoms with E-state index in [0.717, 1.165) is 5.57 Å². The first-order valence-corrected chi connectivity index (χ1v) is 11.9. The third-order valence-corrected chi connectivity index (χ3v) is 7.86. The number of likely N-dealkylation sites (tertiary alicyclic amines) is 1. The molecule has 5 rings (SSSR count).